The number of benzene rings is 1. The van der Waals surface area contributed by atoms with Gasteiger partial charge in [-0.3, -0.25) is 4.79 Å². The second-order valence-electron chi connectivity index (χ2n) is 8.35. The van der Waals surface area contributed by atoms with Crippen molar-refractivity contribution in [3.63, 3.8) is 0 Å². The van der Waals surface area contributed by atoms with Crippen LogP contribution in [0.4, 0.5) is 0 Å². The Morgan fingerprint density at radius 3 is 2.41 bits per heavy atom. The summed E-state index contributed by atoms with van der Waals surface area (Å²) in [5.74, 6) is -1.53. The van der Waals surface area contributed by atoms with Crippen LogP contribution in [0.1, 0.15) is 46.1 Å². The maximum atomic E-state index is 12.0. The lowest BCUT2D eigenvalue weighted by Crippen LogP contribution is -2.39. The first-order valence-corrected chi connectivity index (χ1v) is 8.96. The van der Waals surface area contributed by atoms with Gasteiger partial charge in [0, 0.05) is 24.4 Å². The average molecular weight is 379 g/mol. The number of carbonyl (C=O) groups is 2. The van der Waals surface area contributed by atoms with Gasteiger partial charge in [-0.15, -0.1) is 0 Å². The van der Waals surface area contributed by atoms with Crippen LogP contribution >= 0.6 is 0 Å². The molecule has 1 fully saturated rings. The Labute approximate surface area is 159 Å². The fourth-order valence-corrected chi connectivity index (χ4v) is 3.53. The molecule has 1 aromatic rings. The highest BCUT2D eigenvalue weighted by molar-refractivity contribution is 6.31. The van der Waals surface area contributed by atoms with Crippen LogP contribution in [0.15, 0.2) is 18.2 Å². The molecule has 0 saturated carbocycles. The Balaban J connectivity index is 2.46. The third kappa shape index (κ3) is 4.35. The highest BCUT2D eigenvalue weighted by Crippen LogP contribution is 2.47. The molecule has 7 nitrogen and oxygen atoms in total. The smallest absolute Gasteiger partial charge is 0.394 e. The van der Waals surface area contributed by atoms with Gasteiger partial charge in [0.05, 0.1) is 13.2 Å². The number of aliphatic hydroxyl groups excluding tert-OH is 1. The van der Waals surface area contributed by atoms with E-state index in [4.69, 9.17) is 14.6 Å². The number of hydrogen-bond donors (Lipinski definition) is 2. The predicted octanol–water partition coefficient (Wildman–Crippen LogP) is 2.27. The molecule has 1 aromatic carbocycles. The van der Waals surface area contributed by atoms with Crippen LogP contribution in [0.25, 0.3) is 0 Å². The molecule has 0 aliphatic carbocycles. The summed E-state index contributed by atoms with van der Waals surface area (Å²) in [5.41, 5.74) is -0.252. The van der Waals surface area contributed by atoms with E-state index in [9.17, 15) is 14.7 Å². The van der Waals surface area contributed by atoms with Crippen LogP contribution in [0.3, 0.4) is 0 Å². The van der Waals surface area contributed by atoms with Gasteiger partial charge in [-0.2, -0.15) is 0 Å². The van der Waals surface area contributed by atoms with E-state index in [0.29, 0.717) is 11.5 Å². The van der Waals surface area contributed by atoms with E-state index in [1.807, 2.05) is 39.8 Å². The maximum absolute atomic E-state index is 12.0. The molecule has 3 atom stereocenters. The first kappa shape index (κ1) is 21.0. The molecule has 0 radical (unpaired) electrons. The Hall–Kier alpha value is -2.28. The second kappa shape index (κ2) is 7.38. The summed E-state index contributed by atoms with van der Waals surface area (Å²) >= 11 is 0. The number of likely N-dealkylation sites (tertiary alicyclic amines) is 1. The average Bonchev–Trinajstić information content (AvgIpc) is 2.91. The molecule has 1 amide bonds. The highest BCUT2D eigenvalue weighted by atomic mass is 16.5. The van der Waals surface area contributed by atoms with Gasteiger partial charge >= 0.3 is 11.9 Å². The van der Waals surface area contributed by atoms with E-state index in [1.165, 1.54) is 4.90 Å². The van der Waals surface area contributed by atoms with Gasteiger partial charge in [0.15, 0.2) is 11.5 Å². The topological polar surface area (TPSA) is 96.3 Å². The first-order chi connectivity index (χ1) is 12.4. The Morgan fingerprint density at radius 1 is 1.30 bits per heavy atom. The number of rotatable bonds is 4. The van der Waals surface area contributed by atoms with Gasteiger partial charge in [0.1, 0.15) is 5.60 Å². The number of ether oxygens (including phenoxy) is 2. The van der Waals surface area contributed by atoms with Crippen molar-refractivity contribution in [2.75, 3.05) is 20.2 Å². The Kier molecular flexibility index (Phi) is 5.75. The third-order valence-corrected chi connectivity index (χ3v) is 5.16. The number of methoxy groups -OCH3 is 1. The quantitative estimate of drug-likeness (QED) is 0.779. The van der Waals surface area contributed by atoms with Crippen LogP contribution in [0.5, 0.6) is 11.5 Å². The molecular weight excluding hydrogens is 350 g/mol. The summed E-state index contributed by atoms with van der Waals surface area (Å²) in [6.45, 7) is 9.71. The zero-order chi connectivity index (χ0) is 20.6. The number of aliphatic carboxylic acids is 1. The minimum atomic E-state index is -1.49. The van der Waals surface area contributed by atoms with E-state index in [-0.39, 0.29) is 19.0 Å². The molecule has 7 heteroatoms. The molecule has 150 valence electrons. The SMILES string of the molecule is COc1ccc(C2CN(C(=O)C(=O)O)CC2(C)C(C)O)cc1OC(C)(C)C. The lowest BCUT2D eigenvalue weighted by atomic mass is 9.72. The third-order valence-electron chi connectivity index (χ3n) is 5.16. The number of aliphatic hydroxyl groups is 1. The number of nitrogens with zero attached hydrogens (tertiary/aromatic N) is 1. The Morgan fingerprint density at radius 2 is 1.93 bits per heavy atom. The van der Waals surface area contributed by atoms with E-state index < -0.39 is 29.0 Å². The first-order valence-electron chi connectivity index (χ1n) is 8.96. The minimum absolute atomic E-state index is 0.169. The predicted molar refractivity (Wildman–Crippen MR) is 100 cm³/mol. The van der Waals surface area contributed by atoms with Gasteiger partial charge in [-0.25, -0.2) is 4.79 Å². The standard InChI is InChI=1S/C20H29NO6/c1-12(22)20(5)11-21(17(23)18(24)25)10-14(20)13-7-8-15(26-6)16(9-13)27-19(2,3)4/h7-9,12,14,22H,10-11H2,1-6H3,(H,24,25). The largest absolute Gasteiger partial charge is 0.493 e. The van der Waals surface area contributed by atoms with Crippen molar-refractivity contribution in [1.82, 2.24) is 4.90 Å². The second-order valence-corrected chi connectivity index (χ2v) is 8.35. The zero-order valence-electron chi connectivity index (χ0n) is 16.8. The van der Waals surface area contributed by atoms with Crippen LogP contribution in [0.2, 0.25) is 0 Å². The molecule has 0 spiro atoms. The fraction of sp³-hybridized carbons (Fsp3) is 0.600. The minimum Gasteiger partial charge on any atom is -0.493 e. The number of carboxylic acids is 1. The lowest BCUT2D eigenvalue weighted by molar-refractivity contribution is -0.155. The van der Waals surface area contributed by atoms with Gasteiger partial charge in [0.2, 0.25) is 0 Å². The van der Waals surface area contributed by atoms with Crippen LogP contribution in [-0.4, -0.2) is 58.9 Å². The van der Waals surface area contributed by atoms with Crippen molar-refractivity contribution in [2.45, 2.75) is 52.2 Å². The van der Waals surface area contributed by atoms with Crippen LogP contribution < -0.4 is 9.47 Å². The van der Waals surface area contributed by atoms with Gasteiger partial charge in [-0.1, -0.05) is 13.0 Å². The molecule has 1 aliphatic rings. The van der Waals surface area contributed by atoms with E-state index in [0.717, 1.165) is 5.56 Å². The molecule has 1 saturated heterocycles. The number of carbonyl (C=O) groups excluding carboxylic acids is 1. The van der Waals surface area contributed by atoms with Crippen molar-refractivity contribution in [3.05, 3.63) is 23.8 Å². The molecule has 3 unspecified atom stereocenters. The molecule has 1 heterocycles. The molecule has 0 aromatic heterocycles. The summed E-state index contributed by atoms with van der Waals surface area (Å²) < 4.78 is 11.4. The normalized spacial score (nSPS) is 23.8. The van der Waals surface area contributed by atoms with Gasteiger partial charge in [-0.05, 0) is 45.4 Å². The van der Waals surface area contributed by atoms with Crippen molar-refractivity contribution in [1.29, 1.82) is 0 Å². The van der Waals surface area contributed by atoms with Crippen molar-refractivity contribution in [3.8, 4) is 11.5 Å². The van der Waals surface area contributed by atoms with Crippen LogP contribution in [0, 0.1) is 5.41 Å². The van der Waals surface area contributed by atoms with E-state index >= 15 is 0 Å². The molecule has 0 bridgehead atoms. The molecule has 1 aliphatic heterocycles. The highest BCUT2D eigenvalue weighted by Gasteiger charge is 2.49. The zero-order valence-corrected chi connectivity index (χ0v) is 16.8. The summed E-state index contributed by atoms with van der Waals surface area (Å²) in [4.78, 5) is 24.4. The van der Waals surface area contributed by atoms with Crippen molar-refractivity contribution < 1.29 is 29.3 Å². The summed E-state index contributed by atoms with van der Waals surface area (Å²) in [6, 6.07) is 5.51. The lowest BCUT2D eigenvalue weighted by Gasteiger charge is -2.34. The number of hydrogen-bond acceptors (Lipinski definition) is 5. The summed E-state index contributed by atoms with van der Waals surface area (Å²) in [6.07, 6.45) is -0.733. The summed E-state index contributed by atoms with van der Waals surface area (Å²) in [5, 5.41) is 19.5. The molecular formula is C20H29NO6. The van der Waals surface area contributed by atoms with Crippen molar-refractivity contribution >= 4 is 11.9 Å². The van der Waals surface area contributed by atoms with Gasteiger partial charge < -0.3 is 24.6 Å². The maximum Gasteiger partial charge on any atom is 0.394 e. The van der Waals surface area contributed by atoms with E-state index in [2.05, 4.69) is 0 Å². The molecule has 27 heavy (non-hydrogen) atoms. The van der Waals surface area contributed by atoms with Gasteiger partial charge in [0.25, 0.3) is 0 Å². The van der Waals surface area contributed by atoms with E-state index in [1.54, 1.807) is 20.1 Å². The monoisotopic (exact) mass is 379 g/mol. The molecule has 2 rings (SSSR count). The number of carboxylic acid groups (broad SMARTS) is 1. The Bertz CT molecular complexity index is 724. The van der Waals surface area contributed by atoms with Crippen LogP contribution in [-0.2, 0) is 9.59 Å². The fourth-order valence-electron chi connectivity index (χ4n) is 3.53. The van der Waals surface area contributed by atoms with Crippen molar-refractivity contribution in [2.24, 2.45) is 5.41 Å². The number of amides is 1. The summed E-state index contributed by atoms with van der Waals surface area (Å²) in [7, 11) is 1.56. The molecule has 2 N–H and O–H groups in total.